The highest BCUT2D eigenvalue weighted by atomic mass is 16.5. The van der Waals surface area contributed by atoms with Crippen LogP contribution in [-0.4, -0.2) is 36.6 Å². The van der Waals surface area contributed by atoms with E-state index in [0.717, 1.165) is 50.7 Å². The molecule has 2 fully saturated rings. The lowest BCUT2D eigenvalue weighted by Gasteiger charge is -2.47. The lowest BCUT2D eigenvalue weighted by Crippen LogP contribution is -2.48. The Bertz CT molecular complexity index is 703. The molecule has 12 unspecified atom stereocenters. The van der Waals surface area contributed by atoms with Crippen molar-refractivity contribution in [2.24, 2.45) is 59.2 Å². The van der Waals surface area contributed by atoms with Gasteiger partial charge in [-0.2, -0.15) is 0 Å². The van der Waals surface area contributed by atoms with Gasteiger partial charge in [0, 0.05) is 13.2 Å². The molecule has 3 heteroatoms. The second kappa shape index (κ2) is 17.7. The Morgan fingerprint density at radius 1 is 0.581 bits per heavy atom. The largest absolute Gasteiger partial charge is 0.378 e. The first-order chi connectivity index (χ1) is 20.0. The highest BCUT2D eigenvalue weighted by Gasteiger charge is 2.42. The molecule has 0 heterocycles. The maximum Gasteiger partial charge on any atom is 0.0684 e. The number of hydrogen-bond acceptors (Lipinski definition) is 3. The second-order valence-corrected chi connectivity index (χ2v) is 17.3. The van der Waals surface area contributed by atoms with E-state index < -0.39 is 0 Å². The van der Waals surface area contributed by atoms with Crippen LogP contribution in [0.1, 0.15) is 161 Å². The zero-order valence-corrected chi connectivity index (χ0v) is 31.6. The molecule has 0 aliphatic heterocycles. The monoisotopic (exact) mass is 607 g/mol. The molecule has 43 heavy (non-hydrogen) atoms. The molecule has 0 spiro atoms. The van der Waals surface area contributed by atoms with E-state index in [4.69, 9.17) is 14.2 Å². The zero-order valence-electron chi connectivity index (χ0n) is 31.6. The molecule has 0 aromatic rings. The molecule has 0 aromatic carbocycles. The summed E-state index contributed by atoms with van der Waals surface area (Å²) in [6, 6.07) is 0. The molecule has 12 atom stereocenters. The van der Waals surface area contributed by atoms with Gasteiger partial charge in [0.05, 0.1) is 23.4 Å². The Morgan fingerprint density at radius 2 is 0.930 bits per heavy atom. The van der Waals surface area contributed by atoms with Crippen LogP contribution in [0.15, 0.2) is 0 Å². The van der Waals surface area contributed by atoms with Gasteiger partial charge >= 0.3 is 0 Å². The standard InChI is InChI=1S/C40H78O3/c1-15-39(13,33(11)21-31(9)25-41-37-23-29(7)17-19-35(37)27(3)4)43-40(14,16-2)34(12)22-32(10)26-42-38-24-30(8)18-20-36(38)28(5)6/h27-38H,15-26H2,1-14H3. The molecule has 0 bridgehead atoms. The van der Waals surface area contributed by atoms with Gasteiger partial charge in [0.25, 0.3) is 0 Å². The van der Waals surface area contributed by atoms with Gasteiger partial charge in [0.2, 0.25) is 0 Å². The molecule has 0 radical (unpaired) electrons. The molecular weight excluding hydrogens is 528 g/mol. The minimum Gasteiger partial charge on any atom is -0.378 e. The lowest BCUT2D eigenvalue weighted by atomic mass is 9.75. The van der Waals surface area contributed by atoms with Gasteiger partial charge in [-0.3, -0.25) is 0 Å². The van der Waals surface area contributed by atoms with E-state index in [0.29, 0.717) is 59.6 Å². The fourth-order valence-electron chi connectivity index (χ4n) is 8.61. The van der Waals surface area contributed by atoms with Gasteiger partial charge in [-0.05, 0) is 124 Å². The van der Waals surface area contributed by atoms with Gasteiger partial charge < -0.3 is 14.2 Å². The summed E-state index contributed by atoms with van der Waals surface area (Å²) in [4.78, 5) is 0. The molecule has 0 amide bonds. The summed E-state index contributed by atoms with van der Waals surface area (Å²) in [5.74, 6) is 6.45. The topological polar surface area (TPSA) is 27.7 Å². The summed E-state index contributed by atoms with van der Waals surface area (Å²) in [5, 5.41) is 0. The van der Waals surface area contributed by atoms with Gasteiger partial charge in [-0.15, -0.1) is 0 Å². The third-order valence-electron chi connectivity index (χ3n) is 12.6. The highest BCUT2D eigenvalue weighted by molar-refractivity contribution is 4.90. The molecule has 2 rings (SSSR count). The smallest absolute Gasteiger partial charge is 0.0684 e. The molecule has 3 nitrogen and oxygen atoms in total. The maximum absolute atomic E-state index is 7.28. The summed E-state index contributed by atoms with van der Waals surface area (Å²) < 4.78 is 20.6. The van der Waals surface area contributed by atoms with Crippen molar-refractivity contribution in [3.05, 3.63) is 0 Å². The first-order valence-corrected chi connectivity index (χ1v) is 19.0. The quantitative estimate of drug-likeness (QED) is 0.155. The number of hydrogen-bond donors (Lipinski definition) is 0. The van der Waals surface area contributed by atoms with Crippen LogP contribution in [0, 0.1) is 59.2 Å². The molecule has 2 saturated carbocycles. The summed E-state index contributed by atoms with van der Waals surface area (Å²) in [7, 11) is 0. The van der Waals surface area contributed by atoms with E-state index in [1.165, 1.54) is 38.5 Å². The Hall–Kier alpha value is -0.120. The van der Waals surface area contributed by atoms with Gasteiger partial charge in [-0.1, -0.05) is 95.9 Å². The predicted octanol–water partition coefficient (Wildman–Crippen LogP) is 11.6. The van der Waals surface area contributed by atoms with Crippen LogP contribution < -0.4 is 0 Å². The molecule has 2 aliphatic carbocycles. The van der Waals surface area contributed by atoms with Crippen LogP contribution in [0.4, 0.5) is 0 Å². The first kappa shape index (κ1) is 39.1. The van der Waals surface area contributed by atoms with Crippen LogP contribution in [0.2, 0.25) is 0 Å². The normalized spacial score (nSPS) is 32.7. The van der Waals surface area contributed by atoms with E-state index in [1.807, 2.05) is 0 Å². The Kier molecular flexibility index (Phi) is 16.1. The average molecular weight is 607 g/mol. The van der Waals surface area contributed by atoms with Crippen molar-refractivity contribution in [1.82, 2.24) is 0 Å². The highest BCUT2D eigenvalue weighted by Crippen LogP contribution is 2.42. The Balaban J connectivity index is 1.94. The summed E-state index contributed by atoms with van der Waals surface area (Å²) >= 11 is 0. The van der Waals surface area contributed by atoms with Crippen molar-refractivity contribution in [2.45, 2.75) is 185 Å². The van der Waals surface area contributed by atoms with E-state index in [-0.39, 0.29) is 11.2 Å². The predicted molar refractivity (Wildman–Crippen MR) is 187 cm³/mol. The molecule has 256 valence electrons. The Morgan fingerprint density at radius 3 is 1.23 bits per heavy atom. The van der Waals surface area contributed by atoms with Crippen molar-refractivity contribution in [2.75, 3.05) is 13.2 Å². The third-order valence-corrected chi connectivity index (χ3v) is 12.6. The second-order valence-electron chi connectivity index (χ2n) is 17.3. The third kappa shape index (κ3) is 11.6. The minimum absolute atomic E-state index is 0.143. The van der Waals surface area contributed by atoms with Crippen LogP contribution >= 0.6 is 0 Å². The van der Waals surface area contributed by atoms with E-state index in [1.54, 1.807) is 0 Å². The Labute approximate surface area is 270 Å². The van der Waals surface area contributed by atoms with Crippen LogP contribution in [0.3, 0.4) is 0 Å². The summed E-state index contributed by atoms with van der Waals surface area (Å²) in [6.45, 7) is 35.1. The summed E-state index contributed by atoms with van der Waals surface area (Å²) in [5.41, 5.74) is -0.287. The van der Waals surface area contributed by atoms with Crippen LogP contribution in [-0.2, 0) is 14.2 Å². The van der Waals surface area contributed by atoms with Crippen molar-refractivity contribution in [3.8, 4) is 0 Å². The van der Waals surface area contributed by atoms with Gasteiger partial charge in [0.15, 0.2) is 0 Å². The number of ether oxygens (including phenoxy) is 3. The lowest BCUT2D eigenvalue weighted by molar-refractivity contribution is -0.193. The van der Waals surface area contributed by atoms with Crippen molar-refractivity contribution < 1.29 is 14.2 Å². The minimum atomic E-state index is -0.143. The molecular formula is C40H78O3. The van der Waals surface area contributed by atoms with Gasteiger partial charge in [-0.25, -0.2) is 0 Å². The SMILES string of the molecule is CCC(C)(OC(C)(CC)C(C)CC(C)COC1CC(C)CCC1C(C)C)C(C)CC(C)COC1CC(C)CCC1C(C)C. The first-order valence-electron chi connectivity index (χ1n) is 19.0. The van der Waals surface area contributed by atoms with Crippen molar-refractivity contribution in [1.29, 1.82) is 0 Å². The number of rotatable bonds is 18. The van der Waals surface area contributed by atoms with Crippen LogP contribution in [0.25, 0.3) is 0 Å². The van der Waals surface area contributed by atoms with E-state index >= 15 is 0 Å². The molecule has 2 aliphatic rings. The average Bonchev–Trinajstić information content (AvgIpc) is 2.94. The molecule has 0 N–H and O–H groups in total. The molecule has 0 saturated heterocycles. The van der Waals surface area contributed by atoms with E-state index in [9.17, 15) is 0 Å². The maximum atomic E-state index is 7.28. The van der Waals surface area contributed by atoms with Crippen LogP contribution in [0.5, 0.6) is 0 Å². The van der Waals surface area contributed by atoms with Crippen molar-refractivity contribution in [3.63, 3.8) is 0 Å². The summed E-state index contributed by atoms with van der Waals surface area (Å²) in [6.07, 6.45) is 13.1. The van der Waals surface area contributed by atoms with E-state index in [2.05, 4.69) is 96.9 Å². The fraction of sp³-hybridized carbons (Fsp3) is 1.00. The fourth-order valence-corrected chi connectivity index (χ4v) is 8.61. The van der Waals surface area contributed by atoms with Crippen molar-refractivity contribution >= 4 is 0 Å². The zero-order chi connectivity index (χ0) is 32.5. The van der Waals surface area contributed by atoms with Gasteiger partial charge in [0.1, 0.15) is 0 Å². The molecule has 0 aromatic heterocycles.